The van der Waals surface area contributed by atoms with Crippen LogP contribution in [0.2, 0.25) is 0 Å². The molecule has 1 aromatic carbocycles. The maximum atomic E-state index is 13.3. The van der Waals surface area contributed by atoms with Crippen LogP contribution in [0.1, 0.15) is 30.6 Å². The summed E-state index contributed by atoms with van der Waals surface area (Å²) < 4.78 is 31.3. The first-order valence-corrected chi connectivity index (χ1v) is 4.90. The standard InChI is InChI=1S/C12H14F2O2/c1-12(2,16-3)7-10(15)8-5-4-6-9(13)11(8)14/h4-6H,7H2,1-3H3. The van der Waals surface area contributed by atoms with Crippen molar-refractivity contribution in [2.24, 2.45) is 0 Å². The van der Waals surface area contributed by atoms with Crippen LogP contribution in [0.3, 0.4) is 0 Å². The van der Waals surface area contributed by atoms with E-state index < -0.39 is 23.0 Å². The molecule has 2 nitrogen and oxygen atoms in total. The molecule has 1 aromatic rings. The maximum Gasteiger partial charge on any atom is 0.169 e. The van der Waals surface area contributed by atoms with Gasteiger partial charge >= 0.3 is 0 Å². The monoisotopic (exact) mass is 228 g/mol. The van der Waals surface area contributed by atoms with Gasteiger partial charge in [0.25, 0.3) is 0 Å². The number of halogens is 2. The highest BCUT2D eigenvalue weighted by molar-refractivity contribution is 5.96. The van der Waals surface area contributed by atoms with Crippen LogP contribution in [0.15, 0.2) is 18.2 Å². The minimum atomic E-state index is -1.10. The van der Waals surface area contributed by atoms with Gasteiger partial charge in [-0.05, 0) is 26.0 Å². The summed E-state index contributed by atoms with van der Waals surface area (Å²) in [5.41, 5.74) is -0.916. The van der Waals surface area contributed by atoms with Crippen LogP contribution < -0.4 is 0 Å². The molecule has 0 aliphatic rings. The van der Waals surface area contributed by atoms with Crippen molar-refractivity contribution in [3.05, 3.63) is 35.4 Å². The summed E-state index contributed by atoms with van der Waals surface area (Å²) in [4.78, 5) is 11.7. The van der Waals surface area contributed by atoms with Gasteiger partial charge in [-0.25, -0.2) is 8.78 Å². The van der Waals surface area contributed by atoms with Crippen molar-refractivity contribution in [3.8, 4) is 0 Å². The molecule has 0 spiro atoms. The number of carbonyl (C=O) groups excluding carboxylic acids is 1. The number of Topliss-reactive ketones (excluding diaryl/α,β-unsaturated/α-hetero) is 1. The average Bonchev–Trinajstić information content (AvgIpc) is 2.21. The third-order valence-corrected chi connectivity index (χ3v) is 2.39. The minimum Gasteiger partial charge on any atom is -0.378 e. The molecule has 0 radical (unpaired) electrons. The van der Waals surface area contributed by atoms with Crippen LogP contribution in [0.25, 0.3) is 0 Å². The molecule has 88 valence electrons. The first-order chi connectivity index (χ1) is 7.37. The Kier molecular flexibility index (Phi) is 3.75. The summed E-state index contributed by atoms with van der Waals surface area (Å²) in [7, 11) is 1.47. The summed E-state index contributed by atoms with van der Waals surface area (Å²) in [6.45, 7) is 3.42. The third kappa shape index (κ3) is 2.85. The summed E-state index contributed by atoms with van der Waals surface area (Å²) in [6.07, 6.45) is 0.00384. The number of carbonyl (C=O) groups is 1. The Morgan fingerprint density at radius 1 is 1.38 bits per heavy atom. The summed E-state index contributed by atoms with van der Waals surface area (Å²) in [5.74, 6) is -2.58. The van der Waals surface area contributed by atoms with Crippen molar-refractivity contribution in [1.29, 1.82) is 0 Å². The van der Waals surface area contributed by atoms with Gasteiger partial charge in [-0.15, -0.1) is 0 Å². The van der Waals surface area contributed by atoms with E-state index in [4.69, 9.17) is 4.74 Å². The molecular formula is C12H14F2O2. The topological polar surface area (TPSA) is 26.3 Å². The molecular weight excluding hydrogens is 214 g/mol. The highest BCUT2D eigenvalue weighted by atomic mass is 19.2. The predicted molar refractivity (Wildman–Crippen MR) is 56.4 cm³/mol. The normalized spacial score (nSPS) is 11.6. The van der Waals surface area contributed by atoms with Gasteiger partial charge in [-0.1, -0.05) is 6.07 Å². The Morgan fingerprint density at radius 2 is 2.00 bits per heavy atom. The molecule has 0 unspecified atom stereocenters. The van der Waals surface area contributed by atoms with Crippen molar-refractivity contribution >= 4 is 5.78 Å². The zero-order chi connectivity index (χ0) is 12.3. The fourth-order valence-corrected chi connectivity index (χ4v) is 1.27. The van der Waals surface area contributed by atoms with E-state index in [1.54, 1.807) is 13.8 Å². The molecule has 0 aromatic heterocycles. The lowest BCUT2D eigenvalue weighted by molar-refractivity contribution is 0.0171. The molecule has 0 saturated carbocycles. The molecule has 0 aliphatic carbocycles. The van der Waals surface area contributed by atoms with Crippen molar-refractivity contribution in [3.63, 3.8) is 0 Å². The largest absolute Gasteiger partial charge is 0.378 e. The molecule has 0 saturated heterocycles. The second kappa shape index (κ2) is 4.70. The van der Waals surface area contributed by atoms with Gasteiger partial charge in [-0.3, -0.25) is 4.79 Å². The second-order valence-corrected chi connectivity index (χ2v) is 4.17. The molecule has 16 heavy (non-hydrogen) atoms. The van der Waals surface area contributed by atoms with E-state index in [9.17, 15) is 13.6 Å². The number of hydrogen-bond acceptors (Lipinski definition) is 2. The van der Waals surface area contributed by atoms with Gasteiger partial charge in [0.15, 0.2) is 17.4 Å². The first-order valence-electron chi connectivity index (χ1n) is 4.90. The smallest absolute Gasteiger partial charge is 0.169 e. The number of hydrogen-bond donors (Lipinski definition) is 0. The van der Waals surface area contributed by atoms with Crippen molar-refractivity contribution in [2.75, 3.05) is 7.11 Å². The number of ether oxygens (including phenoxy) is 1. The van der Waals surface area contributed by atoms with Crippen molar-refractivity contribution < 1.29 is 18.3 Å². The number of ketones is 1. The Hall–Kier alpha value is -1.29. The highest BCUT2D eigenvalue weighted by Gasteiger charge is 2.24. The zero-order valence-electron chi connectivity index (χ0n) is 9.51. The van der Waals surface area contributed by atoms with Gasteiger partial charge in [0.2, 0.25) is 0 Å². The van der Waals surface area contributed by atoms with Crippen LogP contribution in [0.4, 0.5) is 8.78 Å². The average molecular weight is 228 g/mol. The van der Waals surface area contributed by atoms with E-state index in [1.165, 1.54) is 19.2 Å². The lowest BCUT2D eigenvalue weighted by Crippen LogP contribution is -2.26. The van der Waals surface area contributed by atoms with Gasteiger partial charge in [0.05, 0.1) is 11.2 Å². The first kappa shape index (κ1) is 12.8. The number of methoxy groups -OCH3 is 1. The van der Waals surface area contributed by atoms with E-state index in [2.05, 4.69) is 0 Å². The van der Waals surface area contributed by atoms with E-state index in [1.807, 2.05) is 0 Å². The molecule has 0 atom stereocenters. The summed E-state index contributed by atoms with van der Waals surface area (Å²) in [6, 6.07) is 3.56. The molecule has 4 heteroatoms. The van der Waals surface area contributed by atoms with Crippen LogP contribution in [0, 0.1) is 11.6 Å². The van der Waals surface area contributed by atoms with Crippen molar-refractivity contribution in [1.82, 2.24) is 0 Å². The maximum absolute atomic E-state index is 13.3. The van der Waals surface area contributed by atoms with Gasteiger partial charge < -0.3 is 4.74 Å². The summed E-state index contributed by atoms with van der Waals surface area (Å²) >= 11 is 0. The zero-order valence-corrected chi connectivity index (χ0v) is 9.51. The second-order valence-electron chi connectivity index (χ2n) is 4.17. The van der Waals surface area contributed by atoms with E-state index >= 15 is 0 Å². The fourth-order valence-electron chi connectivity index (χ4n) is 1.27. The van der Waals surface area contributed by atoms with E-state index in [0.717, 1.165) is 6.07 Å². The van der Waals surface area contributed by atoms with Crippen molar-refractivity contribution in [2.45, 2.75) is 25.9 Å². The molecule has 0 aliphatic heterocycles. The molecule has 0 amide bonds. The minimum absolute atomic E-state index is 0.00384. The highest BCUT2D eigenvalue weighted by Crippen LogP contribution is 2.19. The summed E-state index contributed by atoms with van der Waals surface area (Å²) in [5, 5.41) is 0. The molecule has 1 rings (SSSR count). The third-order valence-electron chi connectivity index (χ3n) is 2.39. The Morgan fingerprint density at radius 3 is 2.56 bits per heavy atom. The molecule has 0 N–H and O–H groups in total. The fraction of sp³-hybridized carbons (Fsp3) is 0.417. The lowest BCUT2D eigenvalue weighted by atomic mass is 9.97. The van der Waals surface area contributed by atoms with Gasteiger partial charge in [0, 0.05) is 13.5 Å². The predicted octanol–water partition coefficient (Wildman–Crippen LogP) is 2.96. The quantitative estimate of drug-likeness (QED) is 0.740. The number of benzene rings is 1. The SMILES string of the molecule is COC(C)(C)CC(=O)c1cccc(F)c1F. The van der Waals surface area contributed by atoms with Crippen LogP contribution in [0.5, 0.6) is 0 Å². The number of rotatable bonds is 4. The van der Waals surface area contributed by atoms with Gasteiger partial charge in [0.1, 0.15) is 0 Å². The van der Waals surface area contributed by atoms with Crippen LogP contribution >= 0.6 is 0 Å². The molecule has 0 fully saturated rings. The molecule has 0 heterocycles. The Labute approximate surface area is 93.2 Å². The van der Waals surface area contributed by atoms with Crippen LogP contribution in [-0.4, -0.2) is 18.5 Å². The molecule has 0 bridgehead atoms. The van der Waals surface area contributed by atoms with Crippen LogP contribution in [-0.2, 0) is 4.74 Å². The lowest BCUT2D eigenvalue weighted by Gasteiger charge is -2.21. The van der Waals surface area contributed by atoms with E-state index in [0.29, 0.717) is 0 Å². The van der Waals surface area contributed by atoms with E-state index in [-0.39, 0.29) is 12.0 Å². The Bertz CT molecular complexity index is 400. The Balaban J connectivity index is 2.94. The van der Waals surface area contributed by atoms with Gasteiger partial charge in [-0.2, -0.15) is 0 Å².